The molecular weight excluding hydrogens is 422 g/mol. The Morgan fingerprint density at radius 3 is 2.66 bits per heavy atom. The zero-order valence-corrected chi connectivity index (χ0v) is 18.3. The van der Waals surface area contributed by atoms with E-state index in [4.69, 9.17) is 17.3 Å². The van der Waals surface area contributed by atoms with Crippen molar-refractivity contribution in [3.05, 3.63) is 88.1 Å². The van der Waals surface area contributed by atoms with Gasteiger partial charge in [0.15, 0.2) is 0 Å². The number of hydrogen-bond acceptors (Lipinski definition) is 4. The molecule has 0 unspecified atom stereocenters. The monoisotopic (exact) mass is 441 g/mol. The summed E-state index contributed by atoms with van der Waals surface area (Å²) in [6, 6.07) is 16.9. The summed E-state index contributed by atoms with van der Waals surface area (Å²) in [5.41, 5.74) is 11.3. The Morgan fingerprint density at radius 1 is 1.12 bits per heavy atom. The van der Waals surface area contributed by atoms with Gasteiger partial charge in [-0.2, -0.15) is 0 Å². The van der Waals surface area contributed by atoms with Gasteiger partial charge < -0.3 is 16.0 Å². The Morgan fingerprint density at radius 2 is 1.91 bits per heavy atom. The molecule has 2 heterocycles. The Bertz CT molecular complexity index is 1370. The van der Waals surface area contributed by atoms with Crippen molar-refractivity contribution in [3.8, 4) is 34.5 Å². The number of nitrogen functional groups attached to an aromatic ring is 1. The Hall–Kier alpha value is -4.08. The van der Waals surface area contributed by atoms with Gasteiger partial charge in [-0.05, 0) is 42.8 Å². The van der Waals surface area contributed by atoms with Crippen LogP contribution in [0.1, 0.15) is 27.0 Å². The lowest BCUT2D eigenvalue weighted by molar-refractivity contribution is 0.0964. The minimum Gasteiger partial charge on any atom is -0.368 e. The number of halogens is 1. The molecule has 158 valence electrons. The van der Waals surface area contributed by atoms with E-state index in [0.29, 0.717) is 33.2 Å². The molecule has 4 rings (SSSR count). The molecule has 0 aliphatic rings. The van der Waals surface area contributed by atoms with Crippen LogP contribution in [-0.2, 0) is 0 Å². The van der Waals surface area contributed by atoms with Crippen LogP contribution in [0.3, 0.4) is 0 Å². The number of nitrogens with two attached hydrogens (primary N) is 1. The maximum absolute atomic E-state index is 12.7. The number of nitrogens with one attached hydrogen (secondary N) is 2. The van der Waals surface area contributed by atoms with Gasteiger partial charge in [0.1, 0.15) is 5.69 Å². The quantitative estimate of drug-likeness (QED) is 0.409. The molecule has 2 aromatic heterocycles. The summed E-state index contributed by atoms with van der Waals surface area (Å²) in [5, 5.41) is 3.26. The van der Waals surface area contributed by atoms with Crippen molar-refractivity contribution in [1.82, 2.24) is 20.3 Å². The average Bonchev–Trinajstić information content (AvgIpc) is 3.25. The third-order valence-corrected chi connectivity index (χ3v) is 5.17. The van der Waals surface area contributed by atoms with E-state index >= 15 is 0 Å². The van der Waals surface area contributed by atoms with E-state index in [1.165, 1.54) is 0 Å². The molecule has 0 fully saturated rings. The summed E-state index contributed by atoms with van der Waals surface area (Å²) in [5.74, 6) is 6.11. The number of carbonyl (C=O) groups excluding carboxylic acids is 1. The number of anilines is 1. The number of nitrogens with zero attached hydrogens (tertiary/aromatic N) is 2. The molecular formula is C25H20ClN5O. The second-order valence-electron chi connectivity index (χ2n) is 7.12. The maximum Gasteiger partial charge on any atom is 0.253 e. The van der Waals surface area contributed by atoms with Crippen LogP contribution >= 0.6 is 11.6 Å². The first kappa shape index (κ1) is 21.2. The molecule has 0 saturated carbocycles. The Kier molecular flexibility index (Phi) is 5.93. The number of aromatic nitrogens is 3. The zero-order valence-electron chi connectivity index (χ0n) is 17.5. The molecule has 32 heavy (non-hydrogen) atoms. The fourth-order valence-electron chi connectivity index (χ4n) is 3.33. The zero-order chi connectivity index (χ0) is 22.7. The number of amides is 1. The first-order valence-electron chi connectivity index (χ1n) is 9.88. The highest BCUT2D eigenvalue weighted by atomic mass is 35.5. The largest absolute Gasteiger partial charge is 0.368 e. The number of aromatic amines is 1. The van der Waals surface area contributed by atoms with Gasteiger partial charge >= 0.3 is 0 Å². The molecule has 0 radical (unpaired) electrons. The van der Waals surface area contributed by atoms with Gasteiger partial charge in [0.25, 0.3) is 5.91 Å². The second-order valence-corrected chi connectivity index (χ2v) is 7.55. The number of rotatable bonds is 3. The van der Waals surface area contributed by atoms with Crippen molar-refractivity contribution < 1.29 is 4.79 Å². The molecule has 2 aromatic carbocycles. The third-order valence-electron chi connectivity index (χ3n) is 4.94. The summed E-state index contributed by atoms with van der Waals surface area (Å²) < 4.78 is 0. The van der Waals surface area contributed by atoms with Crippen LogP contribution in [0.5, 0.6) is 0 Å². The third kappa shape index (κ3) is 4.34. The SMILES string of the molecule is CNC(=O)c1cc(-c2nc(N)ncc2C#Cc2ccccc2)[nH]c1-c1cc(Cl)ccc1C. The van der Waals surface area contributed by atoms with Crippen LogP contribution in [0.25, 0.3) is 22.6 Å². The Balaban J connectivity index is 1.89. The first-order chi connectivity index (χ1) is 15.5. The van der Waals surface area contributed by atoms with Crippen molar-refractivity contribution in [3.63, 3.8) is 0 Å². The fourth-order valence-corrected chi connectivity index (χ4v) is 3.50. The van der Waals surface area contributed by atoms with Gasteiger partial charge in [-0.25, -0.2) is 9.97 Å². The van der Waals surface area contributed by atoms with Crippen LogP contribution in [0.15, 0.2) is 60.8 Å². The van der Waals surface area contributed by atoms with Gasteiger partial charge in [-0.3, -0.25) is 4.79 Å². The van der Waals surface area contributed by atoms with E-state index in [-0.39, 0.29) is 11.9 Å². The van der Waals surface area contributed by atoms with Crippen molar-refractivity contribution in [2.24, 2.45) is 0 Å². The number of hydrogen-bond donors (Lipinski definition) is 3. The molecule has 4 aromatic rings. The molecule has 4 N–H and O–H groups in total. The molecule has 1 amide bonds. The molecule has 0 aliphatic carbocycles. The molecule has 0 saturated heterocycles. The summed E-state index contributed by atoms with van der Waals surface area (Å²) in [7, 11) is 1.59. The standard InChI is InChI=1S/C25H20ClN5O/c1-15-8-11-18(26)12-19(15)23-20(24(32)28-2)13-21(30-23)22-17(14-29-25(27)31-22)10-9-16-6-4-3-5-7-16/h3-8,11-14,30H,1-2H3,(H,28,32)(H2,27,29,31). The fraction of sp³-hybridized carbons (Fsp3) is 0.0800. The summed E-state index contributed by atoms with van der Waals surface area (Å²) in [6.45, 7) is 1.96. The lowest BCUT2D eigenvalue weighted by Gasteiger charge is -2.08. The smallest absolute Gasteiger partial charge is 0.253 e. The predicted molar refractivity (Wildman–Crippen MR) is 127 cm³/mol. The molecule has 0 atom stereocenters. The maximum atomic E-state index is 12.7. The number of benzene rings is 2. The Labute approximate surface area is 190 Å². The predicted octanol–water partition coefficient (Wildman–Crippen LogP) is 4.44. The number of carbonyl (C=O) groups is 1. The van der Waals surface area contributed by atoms with Gasteiger partial charge in [0.2, 0.25) is 5.95 Å². The van der Waals surface area contributed by atoms with Crippen molar-refractivity contribution in [2.45, 2.75) is 6.92 Å². The summed E-state index contributed by atoms with van der Waals surface area (Å²) in [4.78, 5) is 24.5. The van der Waals surface area contributed by atoms with Crippen molar-refractivity contribution >= 4 is 23.5 Å². The van der Waals surface area contributed by atoms with Gasteiger partial charge in [0, 0.05) is 29.4 Å². The van der Waals surface area contributed by atoms with Gasteiger partial charge in [0.05, 0.1) is 22.5 Å². The summed E-state index contributed by atoms with van der Waals surface area (Å²) in [6.07, 6.45) is 1.58. The summed E-state index contributed by atoms with van der Waals surface area (Å²) >= 11 is 6.23. The second kappa shape index (κ2) is 8.96. The molecule has 6 nitrogen and oxygen atoms in total. The molecule has 7 heteroatoms. The van der Waals surface area contributed by atoms with Crippen LogP contribution in [0.2, 0.25) is 5.02 Å². The molecule has 0 spiro atoms. The van der Waals surface area contributed by atoms with E-state index in [0.717, 1.165) is 16.7 Å². The first-order valence-corrected chi connectivity index (χ1v) is 10.3. The number of aryl methyl sites for hydroxylation is 1. The van der Waals surface area contributed by atoms with E-state index in [1.54, 1.807) is 19.3 Å². The minimum atomic E-state index is -0.235. The highest BCUT2D eigenvalue weighted by Gasteiger charge is 2.20. The van der Waals surface area contributed by atoms with Crippen LogP contribution in [0.4, 0.5) is 5.95 Å². The lowest BCUT2D eigenvalue weighted by atomic mass is 10.0. The normalized spacial score (nSPS) is 10.3. The van der Waals surface area contributed by atoms with E-state index in [1.807, 2.05) is 55.5 Å². The van der Waals surface area contributed by atoms with Gasteiger partial charge in [-0.1, -0.05) is 47.7 Å². The van der Waals surface area contributed by atoms with E-state index in [2.05, 4.69) is 32.1 Å². The molecule has 0 bridgehead atoms. The van der Waals surface area contributed by atoms with Crippen molar-refractivity contribution in [1.29, 1.82) is 0 Å². The average molecular weight is 442 g/mol. The highest BCUT2D eigenvalue weighted by Crippen LogP contribution is 2.33. The van der Waals surface area contributed by atoms with E-state index in [9.17, 15) is 4.79 Å². The topological polar surface area (TPSA) is 96.7 Å². The van der Waals surface area contributed by atoms with Crippen LogP contribution < -0.4 is 11.1 Å². The highest BCUT2D eigenvalue weighted by molar-refractivity contribution is 6.31. The molecule has 0 aliphatic heterocycles. The van der Waals surface area contributed by atoms with Crippen LogP contribution in [0, 0.1) is 18.8 Å². The number of H-pyrrole nitrogens is 1. The van der Waals surface area contributed by atoms with Crippen LogP contribution in [-0.4, -0.2) is 27.9 Å². The lowest BCUT2D eigenvalue weighted by Crippen LogP contribution is -2.18. The van der Waals surface area contributed by atoms with Crippen molar-refractivity contribution in [2.75, 3.05) is 12.8 Å². The minimum absolute atomic E-state index is 0.113. The van der Waals surface area contributed by atoms with E-state index < -0.39 is 0 Å². The van der Waals surface area contributed by atoms with Gasteiger partial charge in [-0.15, -0.1) is 0 Å².